The van der Waals surface area contributed by atoms with Gasteiger partial charge in [-0.3, -0.25) is 0 Å². The van der Waals surface area contributed by atoms with E-state index in [1.165, 1.54) is 5.56 Å². The molecule has 3 rings (SSSR count). The van der Waals surface area contributed by atoms with Gasteiger partial charge in [0.1, 0.15) is 5.82 Å². The van der Waals surface area contributed by atoms with Gasteiger partial charge in [0, 0.05) is 16.4 Å². The largest absolute Gasteiger partial charge is 0.342 e. The lowest BCUT2D eigenvalue weighted by Gasteiger charge is -2.24. The number of H-pyrrole nitrogens is 1. The van der Waals surface area contributed by atoms with Crippen LogP contribution in [0.4, 0.5) is 0 Å². The fourth-order valence-electron chi connectivity index (χ4n) is 2.85. The van der Waals surface area contributed by atoms with Gasteiger partial charge >= 0.3 is 0 Å². The maximum Gasteiger partial charge on any atom is 0.110 e. The average molecular weight is 308 g/mol. The number of aromatic nitrogens is 2. The number of nitrogens with two attached hydrogens (primary N) is 1. The maximum absolute atomic E-state index is 5.96. The Morgan fingerprint density at radius 1 is 1.28 bits per heavy atom. The minimum atomic E-state index is 0.390. The van der Waals surface area contributed by atoms with Crippen LogP contribution < -0.4 is 5.73 Å². The number of fused-ring (bicyclic) bond motifs is 1. The summed E-state index contributed by atoms with van der Waals surface area (Å²) in [6, 6.07) is 4.61. The van der Waals surface area contributed by atoms with Crippen LogP contribution in [0.2, 0.25) is 0 Å². The molecule has 0 unspecified atom stereocenters. The van der Waals surface area contributed by atoms with Gasteiger partial charge in [-0.1, -0.05) is 15.9 Å². The van der Waals surface area contributed by atoms with Gasteiger partial charge in [-0.2, -0.15) is 0 Å². The zero-order valence-corrected chi connectivity index (χ0v) is 12.1. The number of aromatic amines is 1. The van der Waals surface area contributed by atoms with Crippen LogP contribution in [-0.4, -0.2) is 16.0 Å². The Morgan fingerprint density at radius 3 is 2.72 bits per heavy atom. The summed E-state index contributed by atoms with van der Waals surface area (Å²) in [7, 11) is 0. The van der Waals surface area contributed by atoms with E-state index in [0.717, 1.165) is 47.0 Å². The summed E-state index contributed by atoms with van der Waals surface area (Å²) in [6.07, 6.45) is 4.54. The number of imidazole rings is 1. The highest BCUT2D eigenvalue weighted by atomic mass is 79.9. The molecule has 1 saturated carbocycles. The first-order chi connectivity index (χ1) is 8.63. The highest BCUT2D eigenvalue weighted by Crippen LogP contribution is 2.32. The molecule has 1 aliphatic rings. The summed E-state index contributed by atoms with van der Waals surface area (Å²) in [6.45, 7) is 2.11. The van der Waals surface area contributed by atoms with Crippen molar-refractivity contribution in [3.8, 4) is 0 Å². The fraction of sp³-hybridized carbons (Fsp3) is 0.500. The molecular formula is C14H18BrN3. The van der Waals surface area contributed by atoms with Crippen molar-refractivity contribution in [3.63, 3.8) is 0 Å². The first kappa shape index (κ1) is 12.2. The van der Waals surface area contributed by atoms with E-state index >= 15 is 0 Å². The van der Waals surface area contributed by atoms with Crippen molar-refractivity contribution in [2.24, 2.45) is 5.73 Å². The molecule has 3 nitrogen and oxygen atoms in total. The number of nitrogens with zero attached hydrogens (tertiary/aromatic N) is 1. The smallest absolute Gasteiger partial charge is 0.110 e. The van der Waals surface area contributed by atoms with Gasteiger partial charge in [0.05, 0.1) is 11.0 Å². The van der Waals surface area contributed by atoms with Gasteiger partial charge in [0.25, 0.3) is 0 Å². The molecule has 1 aliphatic carbocycles. The van der Waals surface area contributed by atoms with Crippen LogP contribution >= 0.6 is 15.9 Å². The van der Waals surface area contributed by atoms with E-state index < -0.39 is 0 Å². The molecule has 0 aliphatic heterocycles. The Bertz CT molecular complexity index is 568. The highest BCUT2D eigenvalue weighted by molar-refractivity contribution is 9.10. The zero-order chi connectivity index (χ0) is 12.7. The lowest BCUT2D eigenvalue weighted by atomic mass is 9.86. The van der Waals surface area contributed by atoms with Crippen LogP contribution in [0.3, 0.4) is 0 Å². The summed E-state index contributed by atoms with van der Waals surface area (Å²) in [5.41, 5.74) is 9.41. The van der Waals surface area contributed by atoms with E-state index in [0.29, 0.717) is 12.0 Å². The Kier molecular flexibility index (Phi) is 3.16. The van der Waals surface area contributed by atoms with E-state index in [2.05, 4.69) is 40.0 Å². The topological polar surface area (TPSA) is 54.7 Å². The molecule has 0 saturated heterocycles. The van der Waals surface area contributed by atoms with E-state index in [4.69, 9.17) is 10.7 Å². The van der Waals surface area contributed by atoms with Crippen molar-refractivity contribution in [2.75, 3.05) is 0 Å². The Hall–Kier alpha value is -0.870. The van der Waals surface area contributed by atoms with Crippen LogP contribution in [-0.2, 0) is 0 Å². The average Bonchev–Trinajstić information content (AvgIpc) is 2.74. The van der Waals surface area contributed by atoms with Crippen molar-refractivity contribution in [2.45, 2.75) is 44.6 Å². The molecule has 3 N–H and O–H groups in total. The molecule has 0 bridgehead atoms. The predicted octanol–water partition coefficient (Wildman–Crippen LogP) is 3.62. The molecule has 1 aromatic heterocycles. The number of hydrogen-bond acceptors (Lipinski definition) is 2. The van der Waals surface area contributed by atoms with E-state index in [9.17, 15) is 0 Å². The number of benzene rings is 1. The van der Waals surface area contributed by atoms with Gasteiger partial charge in [-0.15, -0.1) is 0 Å². The van der Waals surface area contributed by atoms with E-state index in [-0.39, 0.29) is 0 Å². The third-order valence-corrected chi connectivity index (χ3v) is 4.38. The standard InChI is InChI=1S/C14H18BrN3/c1-8-6-10(15)7-12-13(8)18-14(17-12)9-2-4-11(16)5-3-9/h6-7,9,11H,2-5,16H2,1H3,(H,17,18). The minimum absolute atomic E-state index is 0.390. The predicted molar refractivity (Wildman–Crippen MR) is 77.7 cm³/mol. The lowest BCUT2D eigenvalue weighted by molar-refractivity contribution is 0.386. The first-order valence-electron chi connectivity index (χ1n) is 6.55. The van der Waals surface area contributed by atoms with E-state index in [1.54, 1.807) is 0 Å². The lowest BCUT2D eigenvalue weighted by Crippen LogP contribution is -2.26. The van der Waals surface area contributed by atoms with Crippen molar-refractivity contribution in [1.82, 2.24) is 9.97 Å². The summed E-state index contributed by atoms with van der Waals surface area (Å²) in [4.78, 5) is 8.26. The van der Waals surface area contributed by atoms with E-state index in [1.807, 2.05) is 0 Å². The number of halogens is 1. The molecule has 1 aromatic carbocycles. The molecule has 0 atom stereocenters. The summed E-state index contributed by atoms with van der Waals surface area (Å²) >= 11 is 3.53. The minimum Gasteiger partial charge on any atom is -0.342 e. The quantitative estimate of drug-likeness (QED) is 0.845. The molecule has 0 amide bonds. The van der Waals surface area contributed by atoms with Crippen molar-refractivity contribution in [3.05, 3.63) is 28.0 Å². The van der Waals surface area contributed by atoms with Gasteiger partial charge in [-0.25, -0.2) is 4.98 Å². The first-order valence-corrected chi connectivity index (χ1v) is 7.34. The number of aryl methyl sites for hydroxylation is 1. The number of rotatable bonds is 1. The normalized spacial score (nSPS) is 24.6. The summed E-state index contributed by atoms with van der Waals surface area (Å²) in [5.74, 6) is 1.69. The summed E-state index contributed by atoms with van der Waals surface area (Å²) in [5, 5.41) is 0. The zero-order valence-electron chi connectivity index (χ0n) is 10.5. The molecular weight excluding hydrogens is 290 g/mol. The third-order valence-electron chi connectivity index (χ3n) is 3.92. The molecule has 2 aromatic rings. The second-order valence-corrected chi connectivity index (χ2v) is 6.27. The second-order valence-electron chi connectivity index (χ2n) is 5.35. The van der Waals surface area contributed by atoms with Crippen LogP contribution in [0, 0.1) is 6.92 Å². The van der Waals surface area contributed by atoms with Crippen LogP contribution in [0.5, 0.6) is 0 Å². The Morgan fingerprint density at radius 2 is 2.00 bits per heavy atom. The molecule has 96 valence electrons. The fourth-order valence-corrected chi connectivity index (χ4v) is 3.42. The van der Waals surface area contributed by atoms with Gasteiger partial charge < -0.3 is 10.7 Å². The molecule has 4 heteroatoms. The molecule has 18 heavy (non-hydrogen) atoms. The second kappa shape index (κ2) is 4.67. The van der Waals surface area contributed by atoms with Gasteiger partial charge in [-0.05, 0) is 50.3 Å². The van der Waals surface area contributed by atoms with Crippen molar-refractivity contribution in [1.29, 1.82) is 0 Å². The van der Waals surface area contributed by atoms with Gasteiger partial charge in [0.2, 0.25) is 0 Å². The Balaban J connectivity index is 1.96. The number of hydrogen-bond donors (Lipinski definition) is 2. The maximum atomic E-state index is 5.96. The van der Waals surface area contributed by atoms with Crippen LogP contribution in [0.25, 0.3) is 11.0 Å². The monoisotopic (exact) mass is 307 g/mol. The van der Waals surface area contributed by atoms with Crippen molar-refractivity contribution >= 4 is 27.0 Å². The molecule has 0 spiro atoms. The van der Waals surface area contributed by atoms with Crippen molar-refractivity contribution < 1.29 is 0 Å². The van der Waals surface area contributed by atoms with Crippen LogP contribution in [0.1, 0.15) is 43.0 Å². The molecule has 0 radical (unpaired) electrons. The van der Waals surface area contributed by atoms with Gasteiger partial charge in [0.15, 0.2) is 0 Å². The van der Waals surface area contributed by atoms with Crippen LogP contribution in [0.15, 0.2) is 16.6 Å². The highest BCUT2D eigenvalue weighted by Gasteiger charge is 2.22. The third kappa shape index (κ3) is 2.19. The Labute approximate surface area is 115 Å². The SMILES string of the molecule is Cc1cc(Br)cc2[nH]c(C3CCC(N)CC3)nc12. The number of nitrogens with one attached hydrogen (secondary N) is 1. The molecule has 1 heterocycles. The summed E-state index contributed by atoms with van der Waals surface area (Å²) < 4.78 is 1.10. The molecule has 1 fully saturated rings.